The van der Waals surface area contributed by atoms with E-state index in [1.165, 1.54) is 23.9 Å². The third-order valence-corrected chi connectivity index (χ3v) is 7.12. The number of hydrogen-bond donors (Lipinski definition) is 2. The molecule has 2 N–H and O–H groups in total. The van der Waals surface area contributed by atoms with Crippen LogP contribution in [-0.2, 0) is 15.3 Å². The minimum absolute atomic E-state index is 0.106. The number of fused-ring (bicyclic) bond motifs is 1. The Kier molecular flexibility index (Phi) is 7.20. The zero-order valence-corrected chi connectivity index (χ0v) is 21.0. The Morgan fingerprint density at radius 3 is 2.72 bits per heavy atom. The maximum atomic E-state index is 13.4. The van der Waals surface area contributed by atoms with Crippen LogP contribution in [0.5, 0.6) is 0 Å². The molecule has 3 heterocycles. The molecular weight excluding hydrogens is 477 g/mol. The van der Waals surface area contributed by atoms with Crippen LogP contribution in [0.25, 0.3) is 11.5 Å². The fraction of sp³-hybridized carbons (Fsp3) is 0.296. The Labute approximate surface area is 213 Å². The first-order valence-electron chi connectivity index (χ1n) is 12.0. The minimum Gasteiger partial charge on any atom is -0.378 e. The zero-order valence-electron chi connectivity index (χ0n) is 20.2. The summed E-state index contributed by atoms with van der Waals surface area (Å²) in [6, 6.07) is 16.0. The molecule has 2 aromatic carbocycles. The van der Waals surface area contributed by atoms with E-state index in [0.717, 1.165) is 28.2 Å². The van der Waals surface area contributed by atoms with Gasteiger partial charge in [-0.3, -0.25) is 4.79 Å². The number of halogens is 1. The highest BCUT2D eigenvalue weighted by Crippen LogP contribution is 2.30. The van der Waals surface area contributed by atoms with E-state index in [-0.39, 0.29) is 11.7 Å². The van der Waals surface area contributed by atoms with E-state index in [1.54, 1.807) is 12.1 Å². The van der Waals surface area contributed by atoms with Crippen LogP contribution in [-0.4, -0.2) is 39.7 Å². The number of nitrogens with zero attached hydrogens (tertiary/aromatic N) is 3. The van der Waals surface area contributed by atoms with Crippen molar-refractivity contribution in [3.8, 4) is 11.5 Å². The van der Waals surface area contributed by atoms with E-state index in [0.29, 0.717) is 42.4 Å². The summed E-state index contributed by atoms with van der Waals surface area (Å²) in [6.45, 7) is 5.35. The van der Waals surface area contributed by atoms with Crippen LogP contribution < -0.4 is 10.6 Å². The van der Waals surface area contributed by atoms with Crippen molar-refractivity contribution in [1.29, 1.82) is 0 Å². The van der Waals surface area contributed by atoms with E-state index < -0.39 is 6.04 Å². The Balaban J connectivity index is 1.33. The lowest BCUT2D eigenvalue weighted by Gasteiger charge is -2.28. The van der Waals surface area contributed by atoms with Crippen LogP contribution >= 0.6 is 11.8 Å². The Bertz CT molecular complexity index is 1320. The first kappa shape index (κ1) is 24.3. The molecule has 0 saturated carbocycles. The van der Waals surface area contributed by atoms with Gasteiger partial charge in [0.05, 0.1) is 19.3 Å². The number of benzene rings is 2. The highest BCUT2D eigenvalue weighted by atomic mass is 32.2. The van der Waals surface area contributed by atoms with Crippen molar-refractivity contribution >= 4 is 29.0 Å². The number of carbonyl (C=O) groups is 1. The van der Waals surface area contributed by atoms with Crippen LogP contribution in [0.4, 0.5) is 15.8 Å². The monoisotopic (exact) mass is 505 g/mol. The third-order valence-electron chi connectivity index (χ3n) is 6.20. The number of nitrogens with one attached hydrogen (secondary N) is 2. The molecule has 0 aliphatic carbocycles. The molecule has 0 radical (unpaired) electrons. The second-order valence-electron chi connectivity index (χ2n) is 8.87. The van der Waals surface area contributed by atoms with Crippen LogP contribution in [0, 0.1) is 12.7 Å². The van der Waals surface area contributed by atoms with Gasteiger partial charge in [-0.25, -0.2) is 14.4 Å². The molecule has 3 aliphatic rings. The molecule has 0 spiro atoms. The number of amides is 1. The van der Waals surface area contributed by atoms with E-state index in [4.69, 9.17) is 9.72 Å². The predicted octanol–water partition coefficient (Wildman–Crippen LogP) is 5.52. The molecule has 1 unspecified atom stereocenters. The molecular formula is C27H28FN5O2S. The normalized spacial score (nSPS) is 14.4. The fourth-order valence-corrected chi connectivity index (χ4v) is 4.90. The van der Waals surface area contributed by atoms with Crippen LogP contribution in [0.1, 0.15) is 30.5 Å². The second kappa shape index (κ2) is 10.7. The number of rotatable bonds is 9. The molecule has 9 heteroatoms. The lowest BCUT2D eigenvalue weighted by atomic mass is 10.1. The van der Waals surface area contributed by atoms with E-state index >= 15 is 0 Å². The fourth-order valence-electron chi connectivity index (χ4n) is 4.10. The number of aryl methyl sites for hydroxylation is 1. The Hall–Kier alpha value is -3.43. The number of anilines is 2. The van der Waals surface area contributed by atoms with Gasteiger partial charge in [0.1, 0.15) is 17.6 Å². The van der Waals surface area contributed by atoms with Crippen LogP contribution in [0.15, 0.2) is 66.0 Å². The highest BCUT2D eigenvalue weighted by molar-refractivity contribution is 7.98. The lowest BCUT2D eigenvalue weighted by Crippen LogP contribution is -2.40. The summed E-state index contributed by atoms with van der Waals surface area (Å²) in [6.07, 6.45) is 2.47. The number of aromatic nitrogens is 3. The number of imidazole rings is 1. The summed E-state index contributed by atoms with van der Waals surface area (Å²) in [5, 5.41) is 7.17. The summed E-state index contributed by atoms with van der Waals surface area (Å²) in [5.41, 5.74) is 4.45. The van der Waals surface area contributed by atoms with Crippen molar-refractivity contribution in [3.05, 3.63) is 77.7 Å². The third kappa shape index (κ3) is 5.37. The molecule has 1 fully saturated rings. The van der Waals surface area contributed by atoms with Gasteiger partial charge in [0.25, 0.3) is 0 Å². The summed E-state index contributed by atoms with van der Waals surface area (Å²) >= 11 is 1.48. The van der Waals surface area contributed by atoms with Gasteiger partial charge in [-0.2, -0.15) is 0 Å². The first-order chi connectivity index (χ1) is 17.5. The van der Waals surface area contributed by atoms with Gasteiger partial charge in [-0.05, 0) is 60.9 Å². The van der Waals surface area contributed by atoms with E-state index in [9.17, 15) is 9.18 Å². The molecule has 186 valence electrons. The number of ether oxygens (including phenoxy) is 1. The number of pyridine rings is 1. The predicted molar refractivity (Wildman–Crippen MR) is 140 cm³/mol. The molecule has 3 aliphatic heterocycles. The van der Waals surface area contributed by atoms with Crippen molar-refractivity contribution in [2.24, 2.45) is 0 Å². The zero-order chi connectivity index (χ0) is 25.1. The highest BCUT2D eigenvalue weighted by Gasteiger charge is 2.25. The van der Waals surface area contributed by atoms with Crippen molar-refractivity contribution in [2.45, 2.75) is 43.3 Å². The Morgan fingerprint density at radius 2 is 2.00 bits per heavy atom. The summed E-state index contributed by atoms with van der Waals surface area (Å²) in [7, 11) is 0. The SMILES string of the molecule is CCC(C(=O)Nc1cc(NC2COC2)ccc1C)n1cccc2nc(SCc3ccc(F)cc3)nc1-2. The number of carbonyl (C=O) groups excluding carboxylic acids is 1. The molecule has 7 nitrogen and oxygen atoms in total. The molecule has 5 rings (SSSR count). The van der Waals surface area contributed by atoms with Crippen molar-refractivity contribution < 1.29 is 13.9 Å². The molecule has 1 amide bonds. The number of hydrogen-bond acceptors (Lipinski definition) is 6. The quantitative estimate of drug-likeness (QED) is 0.292. The van der Waals surface area contributed by atoms with Gasteiger partial charge < -0.3 is 19.9 Å². The van der Waals surface area contributed by atoms with Crippen molar-refractivity contribution in [2.75, 3.05) is 23.8 Å². The summed E-state index contributed by atoms with van der Waals surface area (Å²) in [4.78, 5) is 22.8. The molecule has 36 heavy (non-hydrogen) atoms. The second-order valence-corrected chi connectivity index (χ2v) is 9.81. The van der Waals surface area contributed by atoms with Gasteiger partial charge in [0.2, 0.25) is 5.91 Å². The van der Waals surface area contributed by atoms with Gasteiger partial charge in [-0.15, -0.1) is 0 Å². The standard InChI is InChI=1S/C27H28FN5O2S/c1-3-24(26(34)30-23-13-20(11-6-17(23)2)29-21-14-35-15-21)33-12-4-5-22-25(33)32-27(31-22)36-16-18-7-9-19(28)10-8-18/h4-13,21,24,29H,3,14-16H2,1-2H3,(H,30,34). The summed E-state index contributed by atoms with van der Waals surface area (Å²) in [5.74, 6) is 0.935. The molecule has 0 bridgehead atoms. The topological polar surface area (TPSA) is 81.1 Å². The van der Waals surface area contributed by atoms with Crippen molar-refractivity contribution in [1.82, 2.24) is 14.5 Å². The first-order valence-corrected chi connectivity index (χ1v) is 13.0. The van der Waals surface area contributed by atoms with Gasteiger partial charge in [-0.1, -0.05) is 36.9 Å². The maximum absolute atomic E-state index is 13.4. The van der Waals surface area contributed by atoms with E-state index in [2.05, 4.69) is 15.6 Å². The summed E-state index contributed by atoms with van der Waals surface area (Å²) < 4.78 is 20.3. The Morgan fingerprint density at radius 1 is 1.19 bits per heavy atom. The average Bonchev–Trinajstić information content (AvgIpc) is 3.27. The maximum Gasteiger partial charge on any atom is 0.247 e. The molecule has 0 aromatic heterocycles. The van der Waals surface area contributed by atoms with Crippen LogP contribution in [0.3, 0.4) is 0 Å². The largest absolute Gasteiger partial charge is 0.378 e. The van der Waals surface area contributed by atoms with E-state index in [1.807, 2.05) is 54.9 Å². The van der Waals surface area contributed by atoms with Gasteiger partial charge in [0, 0.05) is 23.3 Å². The minimum atomic E-state index is -0.448. The average molecular weight is 506 g/mol. The lowest BCUT2D eigenvalue weighted by molar-refractivity contribution is -0.119. The van der Waals surface area contributed by atoms with Crippen molar-refractivity contribution in [3.63, 3.8) is 0 Å². The molecule has 1 saturated heterocycles. The number of thioether (sulfide) groups is 1. The van der Waals surface area contributed by atoms with Crippen LogP contribution in [0.2, 0.25) is 0 Å². The van der Waals surface area contributed by atoms with Gasteiger partial charge in [0.15, 0.2) is 11.0 Å². The smallest absolute Gasteiger partial charge is 0.247 e. The molecule has 2 aromatic rings. The van der Waals surface area contributed by atoms with Gasteiger partial charge >= 0.3 is 0 Å². The molecule has 1 atom stereocenters.